The largest absolute Gasteiger partial charge is 0.321 e. The minimum Gasteiger partial charge on any atom is -0.321 e. The molecule has 0 spiro atoms. The van der Waals surface area contributed by atoms with Crippen LogP contribution in [-0.4, -0.2) is 18.2 Å². The molecule has 1 aromatic carbocycles. The van der Waals surface area contributed by atoms with Crippen LogP contribution in [0.2, 0.25) is 0 Å². The van der Waals surface area contributed by atoms with E-state index in [0.717, 1.165) is 11.3 Å². The maximum Gasteiger partial charge on any atom is 0.170 e. The molecule has 0 amide bonds. The monoisotopic (exact) mass is 244 g/mol. The minimum absolute atomic E-state index is 0.296. The molecule has 0 saturated carbocycles. The Balaban J connectivity index is 2.11. The molecule has 0 bridgehead atoms. The van der Waals surface area contributed by atoms with Gasteiger partial charge in [-0.15, -0.1) is 0 Å². The molecular formula is C13H13FN4. The minimum atomic E-state index is -0.363. The Hall–Kier alpha value is -2.01. The highest BCUT2D eigenvalue weighted by molar-refractivity contribution is 5.71. The molecule has 92 valence electrons. The Kier molecular flexibility index (Phi) is 2.48. The average Bonchev–Trinajstić information content (AvgIpc) is 2.67. The van der Waals surface area contributed by atoms with Crippen molar-refractivity contribution in [1.29, 1.82) is 0 Å². The molecule has 3 rings (SSSR count). The number of fused-ring (bicyclic) bond motifs is 1. The van der Waals surface area contributed by atoms with Crippen molar-refractivity contribution in [1.82, 2.24) is 10.4 Å². The SMILES string of the molecule is CC1=C2C(F)=C(c3ccccc3)N=NC2N(C)N1. The molecule has 18 heavy (non-hydrogen) atoms. The predicted octanol–water partition coefficient (Wildman–Crippen LogP) is 2.84. The summed E-state index contributed by atoms with van der Waals surface area (Å²) in [6.07, 6.45) is -0.363. The fourth-order valence-electron chi connectivity index (χ4n) is 2.25. The first-order valence-electron chi connectivity index (χ1n) is 5.75. The molecule has 2 heterocycles. The van der Waals surface area contributed by atoms with E-state index >= 15 is 0 Å². The first-order valence-corrected chi connectivity index (χ1v) is 5.75. The number of azo groups is 1. The normalized spacial score (nSPS) is 23.4. The van der Waals surface area contributed by atoms with Crippen LogP contribution in [0.15, 0.2) is 57.7 Å². The molecule has 0 aliphatic carbocycles. The van der Waals surface area contributed by atoms with E-state index < -0.39 is 0 Å². The number of nitrogens with zero attached hydrogens (tertiary/aromatic N) is 3. The molecule has 1 atom stereocenters. The Morgan fingerprint density at radius 3 is 2.72 bits per heavy atom. The number of benzene rings is 1. The van der Waals surface area contributed by atoms with Crippen LogP contribution in [0.25, 0.3) is 5.70 Å². The van der Waals surface area contributed by atoms with Gasteiger partial charge in [-0.05, 0) is 6.92 Å². The van der Waals surface area contributed by atoms with E-state index in [1.54, 1.807) is 5.01 Å². The number of allylic oxidation sites excluding steroid dienone is 1. The molecule has 0 fully saturated rings. The van der Waals surface area contributed by atoms with Crippen molar-refractivity contribution in [2.45, 2.75) is 13.1 Å². The molecule has 0 saturated heterocycles. The Morgan fingerprint density at radius 1 is 1.28 bits per heavy atom. The molecular weight excluding hydrogens is 231 g/mol. The first-order chi connectivity index (χ1) is 8.68. The lowest BCUT2D eigenvalue weighted by molar-refractivity contribution is 0.240. The van der Waals surface area contributed by atoms with E-state index in [0.29, 0.717) is 11.3 Å². The van der Waals surface area contributed by atoms with Crippen LogP contribution in [0.3, 0.4) is 0 Å². The predicted molar refractivity (Wildman–Crippen MR) is 66.7 cm³/mol. The van der Waals surface area contributed by atoms with Gasteiger partial charge in [0, 0.05) is 18.3 Å². The van der Waals surface area contributed by atoms with Crippen molar-refractivity contribution < 1.29 is 4.39 Å². The van der Waals surface area contributed by atoms with E-state index in [2.05, 4.69) is 15.7 Å². The summed E-state index contributed by atoms with van der Waals surface area (Å²) in [5, 5.41) is 9.93. The van der Waals surface area contributed by atoms with Crippen molar-refractivity contribution in [3.8, 4) is 0 Å². The van der Waals surface area contributed by atoms with Crippen LogP contribution in [0.5, 0.6) is 0 Å². The standard InChI is InChI=1S/C13H13FN4/c1-8-10-11(14)12(9-6-4-3-5-7-9)15-16-13(10)18(2)17-8/h3-7,13,17H,1-2H3. The zero-order valence-corrected chi connectivity index (χ0v) is 10.2. The fourth-order valence-corrected chi connectivity index (χ4v) is 2.25. The topological polar surface area (TPSA) is 40.0 Å². The summed E-state index contributed by atoms with van der Waals surface area (Å²) in [6.45, 7) is 1.84. The lowest BCUT2D eigenvalue weighted by Crippen LogP contribution is -2.34. The third-order valence-electron chi connectivity index (χ3n) is 3.13. The van der Waals surface area contributed by atoms with Crippen LogP contribution in [0.4, 0.5) is 4.39 Å². The van der Waals surface area contributed by atoms with Gasteiger partial charge in [0.2, 0.25) is 0 Å². The highest BCUT2D eigenvalue weighted by Gasteiger charge is 2.35. The number of nitrogens with one attached hydrogen (secondary N) is 1. The summed E-state index contributed by atoms with van der Waals surface area (Å²) >= 11 is 0. The lowest BCUT2D eigenvalue weighted by Gasteiger charge is -2.20. The van der Waals surface area contributed by atoms with Gasteiger partial charge in [0.05, 0.1) is 5.57 Å². The number of halogens is 1. The molecule has 1 unspecified atom stereocenters. The fraction of sp³-hybridized carbons (Fsp3) is 0.231. The van der Waals surface area contributed by atoms with E-state index in [-0.39, 0.29) is 12.0 Å². The van der Waals surface area contributed by atoms with E-state index in [1.165, 1.54) is 0 Å². The maximum atomic E-state index is 14.5. The van der Waals surface area contributed by atoms with Crippen molar-refractivity contribution in [2.75, 3.05) is 7.05 Å². The lowest BCUT2D eigenvalue weighted by atomic mass is 10.0. The second kappa shape index (κ2) is 4.03. The summed E-state index contributed by atoms with van der Waals surface area (Å²) in [6, 6.07) is 9.27. The first kappa shape index (κ1) is 11.1. The number of rotatable bonds is 1. The molecule has 4 nitrogen and oxygen atoms in total. The third kappa shape index (κ3) is 1.55. The van der Waals surface area contributed by atoms with Crippen molar-refractivity contribution in [3.63, 3.8) is 0 Å². The van der Waals surface area contributed by atoms with Crippen LogP contribution < -0.4 is 5.43 Å². The molecule has 5 heteroatoms. The highest BCUT2D eigenvalue weighted by atomic mass is 19.1. The summed E-state index contributed by atoms with van der Waals surface area (Å²) < 4.78 is 14.5. The van der Waals surface area contributed by atoms with Gasteiger partial charge in [-0.1, -0.05) is 30.3 Å². The van der Waals surface area contributed by atoms with Crippen LogP contribution in [0, 0.1) is 0 Å². The van der Waals surface area contributed by atoms with Gasteiger partial charge in [0.1, 0.15) is 5.70 Å². The summed E-state index contributed by atoms with van der Waals surface area (Å²) in [5.74, 6) is -0.296. The summed E-state index contributed by atoms with van der Waals surface area (Å²) in [5.41, 5.74) is 5.45. The van der Waals surface area contributed by atoms with Gasteiger partial charge in [-0.2, -0.15) is 15.2 Å². The molecule has 2 aliphatic heterocycles. The molecule has 0 radical (unpaired) electrons. The average molecular weight is 244 g/mol. The van der Waals surface area contributed by atoms with Gasteiger partial charge in [-0.3, -0.25) is 0 Å². The zero-order chi connectivity index (χ0) is 12.7. The molecule has 0 aromatic heterocycles. The van der Waals surface area contributed by atoms with E-state index in [4.69, 9.17) is 0 Å². The molecule has 2 aliphatic rings. The second-order valence-electron chi connectivity index (χ2n) is 4.38. The van der Waals surface area contributed by atoms with Gasteiger partial charge < -0.3 is 5.43 Å². The van der Waals surface area contributed by atoms with Gasteiger partial charge >= 0.3 is 0 Å². The van der Waals surface area contributed by atoms with Crippen LogP contribution in [0.1, 0.15) is 12.5 Å². The summed E-state index contributed by atoms with van der Waals surface area (Å²) in [4.78, 5) is 0. The van der Waals surface area contributed by atoms with Crippen molar-refractivity contribution >= 4 is 5.70 Å². The van der Waals surface area contributed by atoms with Gasteiger partial charge in [0.25, 0.3) is 0 Å². The molecule has 1 aromatic rings. The van der Waals surface area contributed by atoms with Crippen LogP contribution in [-0.2, 0) is 0 Å². The van der Waals surface area contributed by atoms with Crippen molar-refractivity contribution in [2.24, 2.45) is 10.2 Å². The Labute approximate surface area is 104 Å². The zero-order valence-electron chi connectivity index (χ0n) is 10.2. The van der Waals surface area contributed by atoms with E-state index in [9.17, 15) is 4.39 Å². The molecule has 1 N–H and O–H groups in total. The van der Waals surface area contributed by atoms with E-state index in [1.807, 2.05) is 44.3 Å². The van der Waals surface area contributed by atoms with Gasteiger partial charge in [-0.25, -0.2) is 4.39 Å². The Morgan fingerprint density at radius 2 is 2.00 bits per heavy atom. The second-order valence-corrected chi connectivity index (χ2v) is 4.38. The van der Waals surface area contributed by atoms with Crippen LogP contribution >= 0.6 is 0 Å². The van der Waals surface area contributed by atoms with Gasteiger partial charge in [0.15, 0.2) is 12.0 Å². The Bertz CT molecular complexity index is 574. The maximum absolute atomic E-state index is 14.5. The summed E-state index contributed by atoms with van der Waals surface area (Å²) in [7, 11) is 1.82. The third-order valence-corrected chi connectivity index (χ3v) is 3.13. The number of hydrogen-bond donors (Lipinski definition) is 1. The smallest absolute Gasteiger partial charge is 0.170 e. The number of hydrazine groups is 1. The number of hydrogen-bond acceptors (Lipinski definition) is 4. The van der Waals surface area contributed by atoms with Crippen molar-refractivity contribution in [3.05, 3.63) is 53.0 Å². The number of likely N-dealkylation sites (N-methyl/N-ethyl adjacent to an activating group) is 1. The highest BCUT2D eigenvalue weighted by Crippen LogP contribution is 2.37. The quantitative estimate of drug-likeness (QED) is 0.825.